The summed E-state index contributed by atoms with van der Waals surface area (Å²) in [6.07, 6.45) is 9.98. The Kier molecular flexibility index (Phi) is 7.20. The predicted molar refractivity (Wildman–Crippen MR) is 146 cm³/mol. The maximum Gasteiger partial charge on any atom is 0.252 e. The molecule has 0 bridgehead atoms. The SMILES string of the molecule is CC1=CC(n2ccnc2)(C2(C(=O)NCCc3ccc4c(c3)OCCO4)CNCCN2C(=O)C2CCCO2)N=CN1. The van der Waals surface area contributed by atoms with Crippen LogP contribution >= 0.6 is 0 Å². The number of allylic oxidation sites excluding steroid dienone is 1. The number of fused-ring (bicyclic) bond motifs is 1. The molecule has 6 rings (SSSR count). The van der Waals surface area contributed by atoms with Gasteiger partial charge in [-0.1, -0.05) is 6.07 Å². The minimum Gasteiger partial charge on any atom is -0.486 e. The number of amides is 2. The fourth-order valence-corrected chi connectivity index (χ4v) is 6.05. The first-order chi connectivity index (χ1) is 19.5. The summed E-state index contributed by atoms with van der Waals surface area (Å²) in [5.41, 5.74) is -0.918. The van der Waals surface area contributed by atoms with Crippen molar-refractivity contribution in [3.63, 3.8) is 0 Å². The monoisotopic (exact) mass is 549 g/mol. The molecule has 40 heavy (non-hydrogen) atoms. The highest BCUT2D eigenvalue weighted by molar-refractivity contribution is 5.95. The van der Waals surface area contributed by atoms with Gasteiger partial charge in [0.1, 0.15) is 19.3 Å². The molecule has 212 valence electrons. The van der Waals surface area contributed by atoms with E-state index in [-0.39, 0.29) is 18.4 Å². The van der Waals surface area contributed by atoms with Crippen molar-refractivity contribution in [3.05, 3.63) is 54.3 Å². The van der Waals surface area contributed by atoms with E-state index in [2.05, 4.69) is 20.9 Å². The predicted octanol–water partition coefficient (Wildman–Crippen LogP) is 0.551. The van der Waals surface area contributed by atoms with E-state index in [1.807, 2.05) is 31.2 Å². The highest BCUT2D eigenvalue weighted by Crippen LogP contribution is 2.42. The van der Waals surface area contributed by atoms with Crippen LogP contribution in [0.2, 0.25) is 0 Å². The Morgan fingerprint density at radius 3 is 2.85 bits per heavy atom. The summed E-state index contributed by atoms with van der Waals surface area (Å²) < 4.78 is 19.0. The molecule has 3 N–H and O–H groups in total. The van der Waals surface area contributed by atoms with E-state index in [0.717, 1.165) is 23.4 Å². The Hall–Kier alpha value is -3.90. The minimum atomic E-state index is -1.44. The number of nitrogens with one attached hydrogen (secondary N) is 3. The molecule has 12 nitrogen and oxygen atoms in total. The number of hydrogen-bond acceptors (Lipinski definition) is 9. The van der Waals surface area contributed by atoms with Crippen molar-refractivity contribution in [2.24, 2.45) is 4.99 Å². The van der Waals surface area contributed by atoms with Gasteiger partial charge in [0.05, 0.1) is 12.7 Å². The summed E-state index contributed by atoms with van der Waals surface area (Å²) in [6, 6.07) is 5.81. The van der Waals surface area contributed by atoms with Crippen molar-refractivity contribution in [1.29, 1.82) is 0 Å². The normalized spacial score (nSPS) is 27.6. The molecule has 2 amide bonds. The van der Waals surface area contributed by atoms with Crippen LogP contribution in [0.3, 0.4) is 0 Å². The Balaban J connectivity index is 1.36. The average Bonchev–Trinajstić information content (AvgIpc) is 3.72. The third-order valence-corrected chi connectivity index (χ3v) is 7.98. The van der Waals surface area contributed by atoms with Gasteiger partial charge in [-0.25, -0.2) is 9.98 Å². The highest BCUT2D eigenvalue weighted by Gasteiger charge is 2.64. The van der Waals surface area contributed by atoms with Crippen molar-refractivity contribution in [2.75, 3.05) is 46.0 Å². The molecule has 0 saturated carbocycles. The number of ether oxygens (including phenoxy) is 3. The second-order valence-corrected chi connectivity index (χ2v) is 10.4. The molecule has 0 radical (unpaired) electrons. The van der Waals surface area contributed by atoms with Crippen LogP contribution in [-0.4, -0.2) is 90.2 Å². The van der Waals surface area contributed by atoms with Crippen LogP contribution in [0.25, 0.3) is 0 Å². The molecular formula is C28H35N7O5. The number of rotatable bonds is 7. The molecule has 4 aliphatic rings. The summed E-state index contributed by atoms with van der Waals surface area (Å²) in [5, 5.41) is 9.66. The lowest BCUT2D eigenvalue weighted by Crippen LogP contribution is -2.79. The van der Waals surface area contributed by atoms with Gasteiger partial charge in [0.25, 0.3) is 11.8 Å². The summed E-state index contributed by atoms with van der Waals surface area (Å²) in [5.74, 6) is 0.934. The topological polar surface area (TPSA) is 131 Å². The molecule has 3 atom stereocenters. The molecule has 2 aromatic rings. The smallest absolute Gasteiger partial charge is 0.252 e. The zero-order valence-electron chi connectivity index (χ0n) is 22.6. The van der Waals surface area contributed by atoms with E-state index < -0.39 is 17.3 Å². The van der Waals surface area contributed by atoms with Gasteiger partial charge in [-0.3, -0.25) is 9.59 Å². The van der Waals surface area contributed by atoms with E-state index in [0.29, 0.717) is 58.0 Å². The first kappa shape index (κ1) is 26.3. The molecule has 5 heterocycles. The Labute approximate surface area is 232 Å². The van der Waals surface area contributed by atoms with Crippen LogP contribution < -0.4 is 25.4 Å². The molecule has 12 heteroatoms. The van der Waals surface area contributed by atoms with Gasteiger partial charge in [-0.05, 0) is 50.0 Å². The second-order valence-electron chi connectivity index (χ2n) is 10.4. The van der Waals surface area contributed by atoms with Gasteiger partial charge in [0.15, 0.2) is 22.7 Å². The summed E-state index contributed by atoms with van der Waals surface area (Å²) in [6.45, 7) is 4.92. The Morgan fingerprint density at radius 2 is 2.08 bits per heavy atom. The lowest BCUT2D eigenvalue weighted by Gasteiger charge is -2.54. The molecule has 1 aromatic heterocycles. The van der Waals surface area contributed by atoms with Crippen molar-refractivity contribution in [3.8, 4) is 11.5 Å². The number of aliphatic imine (C=N–C) groups is 1. The second kappa shape index (κ2) is 10.9. The third-order valence-electron chi connectivity index (χ3n) is 7.98. The summed E-state index contributed by atoms with van der Waals surface area (Å²) in [4.78, 5) is 39.5. The first-order valence-corrected chi connectivity index (χ1v) is 13.8. The Morgan fingerprint density at radius 1 is 1.20 bits per heavy atom. The fourth-order valence-electron chi connectivity index (χ4n) is 6.05. The maximum absolute atomic E-state index is 14.6. The number of hydrogen-bond donors (Lipinski definition) is 3. The summed E-state index contributed by atoms with van der Waals surface area (Å²) >= 11 is 0. The van der Waals surface area contributed by atoms with Crippen LogP contribution in [0.4, 0.5) is 0 Å². The van der Waals surface area contributed by atoms with Gasteiger partial charge in [0.2, 0.25) is 0 Å². The quantitative estimate of drug-likeness (QED) is 0.457. The average molecular weight is 550 g/mol. The van der Waals surface area contributed by atoms with E-state index in [4.69, 9.17) is 19.2 Å². The van der Waals surface area contributed by atoms with Gasteiger partial charge < -0.3 is 39.6 Å². The van der Waals surface area contributed by atoms with Gasteiger partial charge in [-0.2, -0.15) is 0 Å². The van der Waals surface area contributed by atoms with Gasteiger partial charge in [-0.15, -0.1) is 0 Å². The molecule has 2 fully saturated rings. The molecule has 0 spiro atoms. The first-order valence-electron chi connectivity index (χ1n) is 13.8. The van der Waals surface area contributed by atoms with Crippen molar-refractivity contribution >= 4 is 18.2 Å². The number of carbonyl (C=O) groups is 2. The van der Waals surface area contributed by atoms with Crippen molar-refractivity contribution in [1.82, 2.24) is 30.4 Å². The fraction of sp³-hybridized carbons (Fsp3) is 0.500. The number of piperazine rings is 1. The summed E-state index contributed by atoms with van der Waals surface area (Å²) in [7, 11) is 0. The standard InChI is InChI=1S/C28H35N7O5/c1-20-16-28(33-18-32-20,34-10-8-30-19-34)27(17-29-9-11-35(27)25(36)23-3-2-12-38-23)26(37)31-7-6-21-4-5-22-24(15-21)40-14-13-39-22/h4-5,8,10,15-16,18-19,23,29H,2-3,6-7,9,11-14,17H2,1H3,(H,31,37)(H,32,33). The molecule has 2 saturated heterocycles. The maximum atomic E-state index is 14.6. The zero-order chi connectivity index (χ0) is 27.6. The minimum absolute atomic E-state index is 0.194. The highest BCUT2D eigenvalue weighted by atomic mass is 16.6. The van der Waals surface area contributed by atoms with Crippen LogP contribution in [0.15, 0.2) is 53.7 Å². The molecular weight excluding hydrogens is 514 g/mol. The molecule has 0 aliphatic carbocycles. The van der Waals surface area contributed by atoms with E-state index in [1.165, 1.54) is 0 Å². The largest absolute Gasteiger partial charge is 0.486 e. The molecule has 1 aromatic carbocycles. The van der Waals surface area contributed by atoms with E-state index >= 15 is 0 Å². The number of benzene rings is 1. The number of carbonyl (C=O) groups excluding carboxylic acids is 2. The van der Waals surface area contributed by atoms with E-state index in [1.54, 1.807) is 34.5 Å². The lowest BCUT2D eigenvalue weighted by atomic mass is 9.77. The van der Waals surface area contributed by atoms with Crippen molar-refractivity contribution < 1.29 is 23.8 Å². The molecule has 3 unspecified atom stereocenters. The van der Waals surface area contributed by atoms with Crippen molar-refractivity contribution in [2.45, 2.75) is 43.5 Å². The van der Waals surface area contributed by atoms with Crippen LogP contribution in [0.5, 0.6) is 11.5 Å². The van der Waals surface area contributed by atoms with Crippen LogP contribution in [0.1, 0.15) is 25.3 Å². The third kappa shape index (κ3) is 4.50. The van der Waals surface area contributed by atoms with Gasteiger partial charge >= 0.3 is 0 Å². The number of nitrogens with zero attached hydrogens (tertiary/aromatic N) is 4. The van der Waals surface area contributed by atoms with Crippen LogP contribution in [-0.2, 0) is 26.4 Å². The van der Waals surface area contributed by atoms with Gasteiger partial charge in [0, 0.05) is 50.9 Å². The molecule has 4 aliphatic heterocycles. The number of aromatic nitrogens is 2. The lowest BCUT2D eigenvalue weighted by molar-refractivity contribution is -0.163. The van der Waals surface area contributed by atoms with Crippen LogP contribution in [0, 0.1) is 0 Å². The number of imidazole rings is 1. The Bertz CT molecular complexity index is 1310. The zero-order valence-corrected chi connectivity index (χ0v) is 22.6. The van der Waals surface area contributed by atoms with E-state index in [9.17, 15) is 9.59 Å².